The van der Waals surface area contributed by atoms with Gasteiger partial charge in [-0.1, -0.05) is 0 Å². The number of H-pyrrole nitrogens is 1. The molecule has 3 N–H and O–H groups in total. The van der Waals surface area contributed by atoms with E-state index in [4.69, 9.17) is 9.47 Å². The van der Waals surface area contributed by atoms with Crippen molar-refractivity contribution >= 4 is 23.5 Å². The lowest BCUT2D eigenvalue weighted by Crippen LogP contribution is -2.52. The summed E-state index contributed by atoms with van der Waals surface area (Å²) >= 11 is 0. The lowest BCUT2D eigenvalue weighted by Gasteiger charge is -2.37. The Bertz CT molecular complexity index is 1310. The topological polar surface area (TPSA) is 131 Å². The van der Waals surface area contributed by atoms with Crippen molar-refractivity contribution in [1.82, 2.24) is 34.8 Å². The molecular weight excluding hydrogens is 509 g/mol. The van der Waals surface area contributed by atoms with Crippen LogP contribution in [-0.4, -0.2) is 85.8 Å². The highest BCUT2D eigenvalue weighted by Crippen LogP contribution is 2.36. The summed E-state index contributed by atoms with van der Waals surface area (Å²) in [6.07, 6.45) is 0.449. The first-order valence-corrected chi connectivity index (χ1v) is 12.3. The molecule has 2 saturated heterocycles. The third-order valence-corrected chi connectivity index (χ3v) is 6.93. The molecule has 2 aliphatic heterocycles. The number of hydrogen-bond acceptors (Lipinski definition) is 9. The SMILES string of the molecule is CC1(NC(=O)O[C@@H]2CO[C@H](c3cc(Nc4nccc5nc(CN6CC(OC(F)F)C6)cn45)n[nH]3)[C@H]2F)CC1. The summed E-state index contributed by atoms with van der Waals surface area (Å²) in [5, 5.41) is 12.8. The summed E-state index contributed by atoms with van der Waals surface area (Å²) in [7, 11) is 0. The number of carbonyl (C=O) groups is 1. The number of alkyl halides is 3. The molecule has 12 nitrogen and oxygen atoms in total. The maximum absolute atomic E-state index is 15.0. The van der Waals surface area contributed by atoms with Crippen LogP contribution in [0.3, 0.4) is 0 Å². The molecule has 3 atom stereocenters. The molecule has 1 aliphatic carbocycles. The van der Waals surface area contributed by atoms with Crippen molar-refractivity contribution in [2.45, 2.75) is 62.9 Å². The molecule has 6 rings (SSSR count). The Balaban J connectivity index is 1.07. The highest BCUT2D eigenvalue weighted by Gasteiger charge is 2.44. The number of fused-ring (bicyclic) bond motifs is 1. The van der Waals surface area contributed by atoms with Crippen molar-refractivity contribution in [3.05, 3.63) is 35.9 Å². The van der Waals surface area contributed by atoms with E-state index in [0.717, 1.165) is 18.5 Å². The van der Waals surface area contributed by atoms with Gasteiger partial charge in [0.15, 0.2) is 18.1 Å². The van der Waals surface area contributed by atoms with Gasteiger partial charge in [-0.3, -0.25) is 14.4 Å². The average Bonchev–Trinajstić information content (AvgIpc) is 3.19. The third-order valence-electron chi connectivity index (χ3n) is 6.93. The highest BCUT2D eigenvalue weighted by molar-refractivity contribution is 5.69. The zero-order valence-electron chi connectivity index (χ0n) is 20.4. The van der Waals surface area contributed by atoms with E-state index in [2.05, 4.69) is 35.5 Å². The van der Waals surface area contributed by atoms with Crippen LogP contribution in [-0.2, 0) is 20.8 Å². The minimum Gasteiger partial charge on any atom is -0.441 e. The second-order valence-corrected chi connectivity index (χ2v) is 10.1. The molecule has 15 heteroatoms. The molecule has 0 spiro atoms. The number of carbonyl (C=O) groups excluding carboxylic acids is 1. The molecule has 1 saturated carbocycles. The van der Waals surface area contributed by atoms with E-state index in [9.17, 15) is 13.6 Å². The first kappa shape index (κ1) is 24.9. The number of halogens is 3. The second kappa shape index (κ2) is 9.71. The minimum absolute atomic E-state index is 0.0670. The van der Waals surface area contributed by atoms with Crippen LogP contribution in [0.4, 0.5) is 29.7 Å². The molecule has 3 aliphatic rings. The van der Waals surface area contributed by atoms with E-state index in [1.54, 1.807) is 28.9 Å². The molecule has 3 fully saturated rings. The van der Waals surface area contributed by atoms with Crippen LogP contribution in [0, 0.1) is 0 Å². The number of aromatic nitrogens is 5. The fraction of sp³-hybridized carbons (Fsp3) is 0.565. The number of nitrogens with zero attached hydrogens (tertiary/aromatic N) is 5. The van der Waals surface area contributed by atoms with Crippen molar-refractivity contribution in [3.8, 4) is 0 Å². The van der Waals surface area contributed by atoms with Gasteiger partial charge in [-0.05, 0) is 25.8 Å². The molecular formula is C23H27F3N8O4. The molecule has 3 aromatic rings. The Hall–Kier alpha value is -3.43. The number of imidazole rings is 1. The Morgan fingerprint density at radius 1 is 1.37 bits per heavy atom. The number of amides is 1. The van der Waals surface area contributed by atoms with Crippen LogP contribution in [0.25, 0.3) is 5.65 Å². The zero-order valence-corrected chi connectivity index (χ0v) is 20.4. The van der Waals surface area contributed by atoms with E-state index >= 15 is 4.39 Å². The molecule has 38 heavy (non-hydrogen) atoms. The van der Waals surface area contributed by atoms with E-state index < -0.39 is 37.2 Å². The van der Waals surface area contributed by atoms with Crippen molar-refractivity contribution in [1.29, 1.82) is 0 Å². The fourth-order valence-electron chi connectivity index (χ4n) is 4.57. The molecule has 0 radical (unpaired) electrons. The Labute approximate surface area is 214 Å². The van der Waals surface area contributed by atoms with Gasteiger partial charge < -0.3 is 24.8 Å². The number of rotatable bonds is 9. The van der Waals surface area contributed by atoms with Gasteiger partial charge in [0.05, 0.1) is 24.1 Å². The molecule has 1 amide bonds. The summed E-state index contributed by atoms with van der Waals surface area (Å²) in [5.41, 5.74) is 1.50. The summed E-state index contributed by atoms with van der Waals surface area (Å²) in [6.45, 7) is 0.368. The highest BCUT2D eigenvalue weighted by atomic mass is 19.3. The lowest BCUT2D eigenvalue weighted by atomic mass is 10.1. The maximum atomic E-state index is 15.0. The van der Waals surface area contributed by atoms with Crippen LogP contribution in [0.2, 0.25) is 0 Å². The first-order chi connectivity index (χ1) is 18.2. The predicted molar refractivity (Wildman–Crippen MR) is 126 cm³/mol. The van der Waals surface area contributed by atoms with Crippen molar-refractivity contribution in [2.24, 2.45) is 0 Å². The Kier molecular flexibility index (Phi) is 6.36. The van der Waals surface area contributed by atoms with Crippen LogP contribution >= 0.6 is 0 Å². The number of ether oxygens (including phenoxy) is 3. The smallest absolute Gasteiger partial charge is 0.408 e. The van der Waals surface area contributed by atoms with E-state index in [-0.39, 0.29) is 12.1 Å². The molecule has 0 unspecified atom stereocenters. The van der Waals surface area contributed by atoms with Crippen LogP contribution in [0.1, 0.15) is 37.3 Å². The second-order valence-electron chi connectivity index (χ2n) is 10.1. The number of aromatic amines is 1. The van der Waals surface area contributed by atoms with Gasteiger partial charge in [-0.25, -0.2) is 19.2 Å². The van der Waals surface area contributed by atoms with Gasteiger partial charge in [0.25, 0.3) is 0 Å². The van der Waals surface area contributed by atoms with Crippen molar-refractivity contribution < 1.29 is 32.2 Å². The quantitative estimate of drug-likeness (QED) is 0.378. The number of alkyl carbamates (subject to hydrolysis) is 1. The summed E-state index contributed by atoms with van der Waals surface area (Å²) < 4.78 is 56.7. The zero-order chi connectivity index (χ0) is 26.4. The predicted octanol–water partition coefficient (Wildman–Crippen LogP) is 2.68. The minimum atomic E-state index is -2.77. The number of likely N-dealkylation sites (tertiary alicyclic amines) is 1. The van der Waals surface area contributed by atoms with Gasteiger partial charge in [-0.15, -0.1) is 0 Å². The first-order valence-electron chi connectivity index (χ1n) is 12.3. The Morgan fingerprint density at radius 2 is 2.18 bits per heavy atom. The summed E-state index contributed by atoms with van der Waals surface area (Å²) in [4.78, 5) is 22.9. The van der Waals surface area contributed by atoms with Gasteiger partial charge in [0.2, 0.25) is 5.95 Å². The number of nitrogens with one attached hydrogen (secondary N) is 3. The molecule has 3 aromatic heterocycles. The molecule has 0 aromatic carbocycles. The third kappa shape index (κ3) is 5.26. The summed E-state index contributed by atoms with van der Waals surface area (Å²) in [5.74, 6) is 0.807. The number of hydrogen-bond donors (Lipinski definition) is 3. The Morgan fingerprint density at radius 3 is 2.95 bits per heavy atom. The lowest BCUT2D eigenvalue weighted by molar-refractivity contribution is -0.197. The van der Waals surface area contributed by atoms with Crippen LogP contribution in [0.5, 0.6) is 0 Å². The van der Waals surface area contributed by atoms with Gasteiger partial charge >= 0.3 is 12.7 Å². The van der Waals surface area contributed by atoms with Gasteiger partial charge in [0.1, 0.15) is 11.8 Å². The van der Waals surface area contributed by atoms with Gasteiger partial charge in [0, 0.05) is 43.6 Å². The fourth-order valence-corrected chi connectivity index (χ4v) is 4.57. The number of anilines is 2. The van der Waals surface area contributed by atoms with Crippen LogP contribution in [0.15, 0.2) is 24.5 Å². The van der Waals surface area contributed by atoms with Crippen LogP contribution < -0.4 is 10.6 Å². The normalized spacial score (nSPS) is 25.0. The van der Waals surface area contributed by atoms with E-state index in [0.29, 0.717) is 42.7 Å². The molecule has 0 bridgehead atoms. The largest absolute Gasteiger partial charge is 0.441 e. The summed E-state index contributed by atoms with van der Waals surface area (Å²) in [6, 6.07) is 3.34. The monoisotopic (exact) mass is 536 g/mol. The molecule has 5 heterocycles. The van der Waals surface area contributed by atoms with E-state index in [1.165, 1.54) is 0 Å². The van der Waals surface area contributed by atoms with E-state index in [1.807, 2.05) is 11.8 Å². The maximum Gasteiger partial charge on any atom is 0.408 e. The van der Waals surface area contributed by atoms with Gasteiger partial charge in [-0.2, -0.15) is 13.9 Å². The van der Waals surface area contributed by atoms with Crippen molar-refractivity contribution in [2.75, 3.05) is 25.0 Å². The van der Waals surface area contributed by atoms with Crippen molar-refractivity contribution in [3.63, 3.8) is 0 Å². The standard InChI is InChI=1S/C23H27F3N8O4/c1-23(3-4-23)30-22(35)38-15-11-36-19(18(15)24)14-6-16(32-31-14)29-21-27-5-2-17-28-12(8-34(17)21)7-33-9-13(10-33)37-20(25)26/h2,5-6,8,13,15,18-20H,3-4,7,9-11H2,1H3,(H,30,35)(H2,27,29,31,32)/t15-,18+,19-/m1/s1. The average molecular weight is 537 g/mol. The molecule has 204 valence electrons.